The standard InChI is InChI=1S/C26H25BN2O2/c27-20-11-16-25-24(17-20)26(30)29(28(25)21-9-5-2-6-10-21)22-12-14-23(15-13-22)31-18-19-7-3-1-4-8-19/h1,3-4,7-8,11-17,21H,2,5-6,9-10,18H2. The van der Waals surface area contributed by atoms with Gasteiger partial charge in [0.15, 0.2) is 0 Å². The number of ether oxygens (including phenoxy) is 1. The Morgan fingerprint density at radius 1 is 0.903 bits per heavy atom. The quantitative estimate of drug-likeness (QED) is 0.450. The minimum absolute atomic E-state index is 0.0224. The van der Waals surface area contributed by atoms with Gasteiger partial charge in [-0.3, -0.25) is 9.48 Å². The van der Waals surface area contributed by atoms with Gasteiger partial charge in [0.2, 0.25) is 0 Å². The third-order valence-corrected chi connectivity index (χ3v) is 6.16. The number of hydrogen-bond donors (Lipinski definition) is 0. The second-order valence-electron chi connectivity index (χ2n) is 8.30. The van der Waals surface area contributed by atoms with Crippen molar-refractivity contribution in [2.24, 2.45) is 0 Å². The Kier molecular flexibility index (Phi) is 5.41. The molecule has 1 fully saturated rings. The van der Waals surface area contributed by atoms with Crippen molar-refractivity contribution in [1.82, 2.24) is 9.36 Å². The number of rotatable bonds is 5. The maximum absolute atomic E-state index is 13.4. The summed E-state index contributed by atoms with van der Waals surface area (Å²) < 4.78 is 9.93. The minimum atomic E-state index is -0.0224. The molecule has 0 unspecified atom stereocenters. The van der Waals surface area contributed by atoms with Gasteiger partial charge in [-0.1, -0.05) is 67.2 Å². The molecule has 5 rings (SSSR count). The van der Waals surface area contributed by atoms with Gasteiger partial charge in [-0.05, 0) is 48.7 Å². The molecule has 0 atom stereocenters. The second kappa shape index (κ2) is 8.50. The molecule has 1 saturated carbocycles. The fourth-order valence-corrected chi connectivity index (χ4v) is 4.60. The average Bonchev–Trinajstić information content (AvgIpc) is 3.11. The molecule has 1 aromatic heterocycles. The van der Waals surface area contributed by atoms with E-state index in [-0.39, 0.29) is 5.56 Å². The van der Waals surface area contributed by atoms with Gasteiger partial charge in [0.1, 0.15) is 20.2 Å². The molecule has 31 heavy (non-hydrogen) atoms. The van der Waals surface area contributed by atoms with Crippen LogP contribution in [0.25, 0.3) is 16.6 Å². The third kappa shape index (κ3) is 3.92. The number of aromatic nitrogens is 2. The van der Waals surface area contributed by atoms with Crippen molar-refractivity contribution in [1.29, 1.82) is 0 Å². The lowest BCUT2D eigenvalue weighted by molar-refractivity contribution is 0.305. The monoisotopic (exact) mass is 408 g/mol. The first kappa shape index (κ1) is 19.7. The maximum Gasteiger partial charge on any atom is 0.279 e. The maximum atomic E-state index is 13.4. The van der Waals surface area contributed by atoms with E-state index in [1.165, 1.54) is 19.3 Å². The lowest BCUT2D eigenvalue weighted by Gasteiger charge is -2.26. The van der Waals surface area contributed by atoms with Gasteiger partial charge in [0.05, 0.1) is 22.6 Å². The van der Waals surface area contributed by atoms with Crippen LogP contribution in [0.1, 0.15) is 43.7 Å². The Morgan fingerprint density at radius 2 is 1.65 bits per heavy atom. The third-order valence-electron chi connectivity index (χ3n) is 6.16. The Morgan fingerprint density at radius 3 is 2.39 bits per heavy atom. The SMILES string of the molecule is [B]c1ccc2c(c1)c(=O)n(-c1ccc(OCc3ccccc3)cc1)n2C1CCCCC1. The summed E-state index contributed by atoms with van der Waals surface area (Å²) in [5.74, 6) is 0.783. The molecule has 0 spiro atoms. The van der Waals surface area contributed by atoms with Crippen LogP contribution < -0.4 is 15.8 Å². The molecule has 0 saturated heterocycles. The average molecular weight is 408 g/mol. The van der Waals surface area contributed by atoms with Gasteiger partial charge in [-0.15, -0.1) is 0 Å². The van der Waals surface area contributed by atoms with Gasteiger partial charge in [0.25, 0.3) is 5.56 Å². The summed E-state index contributed by atoms with van der Waals surface area (Å²) in [5.41, 5.74) is 3.51. The summed E-state index contributed by atoms with van der Waals surface area (Å²) >= 11 is 0. The summed E-state index contributed by atoms with van der Waals surface area (Å²) in [7, 11) is 6.00. The van der Waals surface area contributed by atoms with E-state index in [2.05, 4.69) is 4.68 Å². The predicted molar refractivity (Wildman–Crippen MR) is 126 cm³/mol. The molecule has 4 aromatic rings. The lowest BCUT2D eigenvalue weighted by atomic mass is 9.94. The molecule has 0 aliphatic heterocycles. The summed E-state index contributed by atoms with van der Waals surface area (Å²) in [5, 5.41) is 0.676. The van der Waals surface area contributed by atoms with Crippen LogP contribution in [0.2, 0.25) is 0 Å². The summed E-state index contributed by atoms with van der Waals surface area (Å²) in [6.45, 7) is 0.516. The highest BCUT2D eigenvalue weighted by Crippen LogP contribution is 2.31. The topological polar surface area (TPSA) is 36.2 Å². The molecule has 1 aliphatic rings. The smallest absolute Gasteiger partial charge is 0.279 e. The van der Waals surface area contributed by atoms with E-state index in [9.17, 15) is 4.79 Å². The molecule has 1 heterocycles. The van der Waals surface area contributed by atoms with Gasteiger partial charge in [-0.2, -0.15) is 0 Å². The Labute approximate surface area is 183 Å². The first-order valence-electron chi connectivity index (χ1n) is 11.0. The van der Waals surface area contributed by atoms with Gasteiger partial charge in [-0.25, -0.2) is 4.68 Å². The summed E-state index contributed by atoms with van der Waals surface area (Å²) in [4.78, 5) is 13.4. The normalized spacial score (nSPS) is 14.7. The van der Waals surface area contributed by atoms with E-state index in [1.807, 2.05) is 71.4 Å². The zero-order valence-corrected chi connectivity index (χ0v) is 17.5. The molecular formula is C26H25BN2O2. The first-order valence-corrected chi connectivity index (χ1v) is 11.0. The number of hydrogen-bond acceptors (Lipinski definition) is 2. The number of benzene rings is 3. The molecule has 0 amide bonds. The van der Waals surface area contributed by atoms with E-state index in [0.29, 0.717) is 23.5 Å². The molecule has 2 radical (unpaired) electrons. The molecule has 5 heteroatoms. The molecule has 4 nitrogen and oxygen atoms in total. The van der Waals surface area contributed by atoms with Crippen molar-refractivity contribution in [3.8, 4) is 11.4 Å². The molecule has 3 aromatic carbocycles. The van der Waals surface area contributed by atoms with E-state index < -0.39 is 0 Å². The molecule has 0 N–H and O–H groups in total. The van der Waals surface area contributed by atoms with E-state index in [0.717, 1.165) is 35.4 Å². The highest BCUT2D eigenvalue weighted by Gasteiger charge is 2.23. The summed E-state index contributed by atoms with van der Waals surface area (Å²) in [6, 6.07) is 23.9. The number of fused-ring (bicyclic) bond motifs is 1. The van der Waals surface area contributed by atoms with Crippen LogP contribution in [-0.4, -0.2) is 17.2 Å². The largest absolute Gasteiger partial charge is 0.489 e. The van der Waals surface area contributed by atoms with E-state index in [1.54, 1.807) is 6.07 Å². The van der Waals surface area contributed by atoms with Crippen LogP contribution in [0.4, 0.5) is 0 Å². The van der Waals surface area contributed by atoms with Gasteiger partial charge >= 0.3 is 0 Å². The second-order valence-corrected chi connectivity index (χ2v) is 8.30. The van der Waals surface area contributed by atoms with Gasteiger partial charge in [0, 0.05) is 0 Å². The van der Waals surface area contributed by atoms with E-state index >= 15 is 0 Å². The zero-order valence-electron chi connectivity index (χ0n) is 17.5. The van der Waals surface area contributed by atoms with Crippen molar-refractivity contribution in [2.45, 2.75) is 44.8 Å². The fraction of sp³-hybridized carbons (Fsp3) is 0.269. The first-order chi connectivity index (χ1) is 15.2. The Hall–Kier alpha value is -3.21. The Balaban J connectivity index is 1.51. The lowest BCUT2D eigenvalue weighted by Crippen LogP contribution is -2.25. The van der Waals surface area contributed by atoms with Crippen LogP contribution in [0.15, 0.2) is 77.6 Å². The highest BCUT2D eigenvalue weighted by molar-refractivity contribution is 6.33. The number of nitrogens with zero attached hydrogens (tertiary/aromatic N) is 2. The molecular weight excluding hydrogens is 383 g/mol. The van der Waals surface area contributed by atoms with Crippen LogP contribution in [0.5, 0.6) is 5.75 Å². The highest BCUT2D eigenvalue weighted by atomic mass is 16.5. The molecule has 154 valence electrons. The van der Waals surface area contributed by atoms with Crippen LogP contribution >= 0.6 is 0 Å². The fourth-order valence-electron chi connectivity index (χ4n) is 4.60. The van der Waals surface area contributed by atoms with Crippen molar-refractivity contribution in [2.75, 3.05) is 0 Å². The molecule has 0 bridgehead atoms. The van der Waals surface area contributed by atoms with Crippen LogP contribution in [0.3, 0.4) is 0 Å². The van der Waals surface area contributed by atoms with Crippen molar-refractivity contribution in [3.05, 3.63) is 88.7 Å². The Bertz CT molecular complexity index is 1240. The van der Waals surface area contributed by atoms with Crippen molar-refractivity contribution >= 4 is 24.2 Å². The van der Waals surface area contributed by atoms with Crippen LogP contribution in [-0.2, 0) is 6.61 Å². The minimum Gasteiger partial charge on any atom is -0.489 e. The molecule has 1 aliphatic carbocycles. The van der Waals surface area contributed by atoms with Crippen molar-refractivity contribution in [3.63, 3.8) is 0 Å². The van der Waals surface area contributed by atoms with Crippen molar-refractivity contribution < 1.29 is 4.74 Å². The zero-order chi connectivity index (χ0) is 21.2. The van der Waals surface area contributed by atoms with Gasteiger partial charge < -0.3 is 4.74 Å². The summed E-state index contributed by atoms with van der Waals surface area (Å²) in [6.07, 6.45) is 5.83. The van der Waals surface area contributed by atoms with E-state index in [4.69, 9.17) is 12.6 Å². The predicted octanol–water partition coefficient (Wildman–Crippen LogP) is 4.67. The van der Waals surface area contributed by atoms with Crippen LogP contribution in [0, 0.1) is 0 Å².